The first-order valence-corrected chi connectivity index (χ1v) is 8.01. The van der Waals surface area contributed by atoms with Crippen LogP contribution >= 0.6 is 0 Å². The van der Waals surface area contributed by atoms with Gasteiger partial charge in [0.1, 0.15) is 17.9 Å². The van der Waals surface area contributed by atoms with Gasteiger partial charge in [-0.1, -0.05) is 30.0 Å². The first kappa shape index (κ1) is 16.7. The molecule has 0 aliphatic rings. The smallest absolute Gasteiger partial charge is 0.137 e. The maximum Gasteiger partial charge on any atom is 0.137 e. The fourth-order valence-electron chi connectivity index (χ4n) is 2.51. The summed E-state index contributed by atoms with van der Waals surface area (Å²) in [5, 5.41) is 13.7. The van der Waals surface area contributed by atoms with Crippen LogP contribution in [0.2, 0.25) is 0 Å². The fraction of sp³-hybridized carbons (Fsp3) is 0.200. The van der Waals surface area contributed by atoms with E-state index < -0.39 is 0 Å². The highest BCUT2D eigenvalue weighted by molar-refractivity contribution is 5.89. The molecule has 0 atom stereocenters. The van der Waals surface area contributed by atoms with Gasteiger partial charge in [0.05, 0.1) is 12.1 Å². The monoisotopic (exact) mass is 333 g/mol. The van der Waals surface area contributed by atoms with E-state index in [4.69, 9.17) is 4.74 Å². The number of rotatable bonds is 5. The number of hydrogen-bond acceptors (Lipinski definition) is 5. The second-order valence-electron chi connectivity index (χ2n) is 5.49. The van der Waals surface area contributed by atoms with Gasteiger partial charge in [0.2, 0.25) is 0 Å². The van der Waals surface area contributed by atoms with Crippen LogP contribution in [0.5, 0.6) is 5.75 Å². The topological polar surface area (TPSA) is 67.3 Å². The number of fused-ring (bicyclic) bond motifs is 1. The highest BCUT2D eigenvalue weighted by Gasteiger charge is 2.03. The van der Waals surface area contributed by atoms with Crippen LogP contribution in [0.1, 0.15) is 17.5 Å². The number of phenols is 1. The zero-order valence-corrected chi connectivity index (χ0v) is 14.0. The van der Waals surface area contributed by atoms with E-state index in [1.165, 1.54) is 6.33 Å². The number of ether oxygens (including phenoxy) is 1. The van der Waals surface area contributed by atoms with E-state index in [0.29, 0.717) is 25.4 Å². The highest BCUT2D eigenvalue weighted by atomic mass is 16.5. The molecule has 0 fully saturated rings. The number of anilines is 1. The van der Waals surface area contributed by atoms with Crippen molar-refractivity contribution in [2.45, 2.75) is 13.0 Å². The Bertz CT molecular complexity index is 929. The minimum Gasteiger partial charge on any atom is -0.508 e. The lowest BCUT2D eigenvalue weighted by Crippen LogP contribution is -2.03. The van der Waals surface area contributed by atoms with Gasteiger partial charge < -0.3 is 15.2 Å². The normalized spacial score (nSPS) is 10.3. The number of hydrogen-bond donors (Lipinski definition) is 2. The summed E-state index contributed by atoms with van der Waals surface area (Å²) in [7, 11) is 1.68. The van der Waals surface area contributed by atoms with Gasteiger partial charge in [-0.25, -0.2) is 9.97 Å². The molecule has 0 radical (unpaired) electrons. The van der Waals surface area contributed by atoms with E-state index in [1.807, 2.05) is 24.3 Å². The lowest BCUT2D eigenvalue weighted by Gasteiger charge is -2.06. The van der Waals surface area contributed by atoms with E-state index in [9.17, 15) is 5.11 Å². The predicted molar refractivity (Wildman–Crippen MR) is 98.3 cm³/mol. The van der Waals surface area contributed by atoms with Gasteiger partial charge in [0.25, 0.3) is 0 Å². The van der Waals surface area contributed by atoms with Crippen molar-refractivity contribution in [1.29, 1.82) is 0 Å². The second kappa shape index (κ2) is 8.13. The first-order valence-electron chi connectivity index (χ1n) is 8.01. The third kappa shape index (κ3) is 4.25. The van der Waals surface area contributed by atoms with Crippen LogP contribution in [-0.4, -0.2) is 28.7 Å². The van der Waals surface area contributed by atoms with Gasteiger partial charge in [0, 0.05) is 31.0 Å². The largest absolute Gasteiger partial charge is 0.508 e. The molecule has 2 N–H and O–H groups in total. The third-order valence-electron chi connectivity index (χ3n) is 3.70. The first-order chi connectivity index (χ1) is 12.3. The van der Waals surface area contributed by atoms with Crippen LogP contribution in [-0.2, 0) is 11.3 Å². The molecule has 126 valence electrons. The highest BCUT2D eigenvalue weighted by Crippen LogP contribution is 2.23. The number of phenolic OH excluding ortho intramolecular Hbond substituents is 1. The van der Waals surface area contributed by atoms with Crippen LogP contribution in [0.15, 0.2) is 48.8 Å². The molecule has 0 spiro atoms. The maximum atomic E-state index is 9.64. The molecule has 25 heavy (non-hydrogen) atoms. The van der Waals surface area contributed by atoms with Crippen LogP contribution in [0.25, 0.3) is 10.9 Å². The average Bonchev–Trinajstić information content (AvgIpc) is 2.63. The molecule has 3 rings (SSSR count). The number of aromatic nitrogens is 2. The average molecular weight is 333 g/mol. The Balaban J connectivity index is 1.64. The lowest BCUT2D eigenvalue weighted by molar-refractivity contribution is 0.184. The number of benzene rings is 2. The molecule has 1 aromatic heterocycles. The Hall–Kier alpha value is -3.10. The molecular weight excluding hydrogens is 314 g/mol. The van der Waals surface area contributed by atoms with Crippen molar-refractivity contribution in [3.8, 4) is 17.6 Å². The molecule has 0 saturated carbocycles. The van der Waals surface area contributed by atoms with Gasteiger partial charge in [-0.15, -0.1) is 0 Å². The molecule has 5 nitrogen and oxygen atoms in total. The van der Waals surface area contributed by atoms with E-state index in [1.54, 1.807) is 25.3 Å². The SMILES string of the molecule is COCc1ccccc1C#CCCNc1ncnc2ccc(O)cc12. The second-order valence-corrected chi connectivity index (χ2v) is 5.49. The molecule has 0 amide bonds. The molecule has 0 bridgehead atoms. The maximum absolute atomic E-state index is 9.64. The summed E-state index contributed by atoms with van der Waals surface area (Å²) in [6, 6.07) is 13.0. The van der Waals surface area contributed by atoms with Gasteiger partial charge in [0.15, 0.2) is 0 Å². The molecule has 1 heterocycles. The Morgan fingerprint density at radius 2 is 2.04 bits per heavy atom. The van der Waals surface area contributed by atoms with Gasteiger partial charge in [-0.3, -0.25) is 0 Å². The van der Waals surface area contributed by atoms with Crippen molar-refractivity contribution in [3.63, 3.8) is 0 Å². The number of methoxy groups -OCH3 is 1. The molecule has 2 aromatic carbocycles. The van der Waals surface area contributed by atoms with Crippen molar-refractivity contribution >= 4 is 16.7 Å². The van der Waals surface area contributed by atoms with Crippen LogP contribution in [0.4, 0.5) is 5.82 Å². The molecule has 0 aliphatic heterocycles. The molecule has 0 aliphatic carbocycles. The Labute approximate surface area is 146 Å². The van der Waals surface area contributed by atoms with Crippen molar-refractivity contribution in [2.75, 3.05) is 19.0 Å². The van der Waals surface area contributed by atoms with Crippen molar-refractivity contribution < 1.29 is 9.84 Å². The zero-order chi connectivity index (χ0) is 17.5. The molecule has 0 unspecified atom stereocenters. The summed E-state index contributed by atoms with van der Waals surface area (Å²) in [5.41, 5.74) is 2.86. The minimum absolute atomic E-state index is 0.194. The third-order valence-corrected chi connectivity index (χ3v) is 3.70. The Kier molecular flexibility index (Phi) is 5.45. The summed E-state index contributed by atoms with van der Waals surface area (Å²) in [5.74, 6) is 7.25. The summed E-state index contributed by atoms with van der Waals surface area (Å²) < 4.78 is 5.19. The van der Waals surface area contributed by atoms with Crippen molar-refractivity contribution in [1.82, 2.24) is 9.97 Å². The van der Waals surface area contributed by atoms with Gasteiger partial charge in [-0.2, -0.15) is 0 Å². The Morgan fingerprint density at radius 3 is 2.92 bits per heavy atom. The lowest BCUT2D eigenvalue weighted by atomic mass is 10.1. The molecule has 0 saturated heterocycles. The van der Waals surface area contributed by atoms with E-state index in [2.05, 4.69) is 27.1 Å². The van der Waals surface area contributed by atoms with E-state index in [-0.39, 0.29) is 5.75 Å². The quantitative estimate of drug-likeness (QED) is 0.554. The van der Waals surface area contributed by atoms with Crippen molar-refractivity contribution in [3.05, 3.63) is 59.9 Å². The van der Waals surface area contributed by atoms with Gasteiger partial charge in [-0.05, 0) is 29.8 Å². The minimum atomic E-state index is 0.194. The summed E-state index contributed by atoms with van der Waals surface area (Å²) >= 11 is 0. The standard InChI is InChI=1S/C20H19N3O2/c1-25-13-16-8-3-2-6-15(16)7-4-5-11-21-20-18-12-17(24)9-10-19(18)22-14-23-20/h2-3,6,8-10,12,14,24H,5,11,13H2,1H3,(H,21,22,23). The van der Waals surface area contributed by atoms with Crippen LogP contribution in [0, 0.1) is 11.8 Å². The van der Waals surface area contributed by atoms with Crippen LogP contribution in [0.3, 0.4) is 0 Å². The number of nitrogens with zero attached hydrogens (tertiary/aromatic N) is 2. The van der Waals surface area contributed by atoms with E-state index >= 15 is 0 Å². The van der Waals surface area contributed by atoms with Crippen LogP contribution < -0.4 is 5.32 Å². The number of aromatic hydroxyl groups is 1. The van der Waals surface area contributed by atoms with Crippen molar-refractivity contribution in [2.24, 2.45) is 0 Å². The number of nitrogens with one attached hydrogen (secondary N) is 1. The summed E-state index contributed by atoms with van der Waals surface area (Å²) in [4.78, 5) is 8.44. The fourth-order valence-corrected chi connectivity index (χ4v) is 2.51. The van der Waals surface area contributed by atoms with Gasteiger partial charge >= 0.3 is 0 Å². The summed E-state index contributed by atoms with van der Waals surface area (Å²) in [6.45, 7) is 1.21. The molecular formula is C20H19N3O2. The van der Waals surface area contributed by atoms with E-state index in [0.717, 1.165) is 22.0 Å². The Morgan fingerprint density at radius 1 is 1.16 bits per heavy atom. The molecule has 5 heteroatoms. The zero-order valence-electron chi connectivity index (χ0n) is 14.0. The summed E-state index contributed by atoms with van der Waals surface area (Å²) in [6.07, 6.45) is 2.18. The molecule has 3 aromatic rings. The predicted octanol–water partition coefficient (Wildman–Crippen LogP) is 3.34.